The van der Waals surface area contributed by atoms with Crippen LogP contribution in [0.3, 0.4) is 0 Å². The molecule has 0 spiro atoms. The summed E-state index contributed by atoms with van der Waals surface area (Å²) in [5.41, 5.74) is 0. The van der Waals surface area contributed by atoms with Crippen LogP contribution in [0.4, 0.5) is 0 Å². The van der Waals surface area contributed by atoms with E-state index in [1.54, 1.807) is 0 Å². The highest BCUT2D eigenvalue weighted by atomic mass is 16.6. The Bertz CT molecular complexity index is 312. The molecule has 0 saturated carbocycles. The molecule has 17 heavy (non-hydrogen) atoms. The van der Waals surface area contributed by atoms with Gasteiger partial charge in [0, 0.05) is 6.92 Å². The third-order valence-electron chi connectivity index (χ3n) is 1.74. The lowest BCUT2D eigenvalue weighted by Gasteiger charge is -2.22. The number of carboxylic acids is 1. The molecule has 0 bridgehead atoms. The van der Waals surface area contributed by atoms with Gasteiger partial charge in [0.15, 0.2) is 12.2 Å². The van der Waals surface area contributed by atoms with Crippen molar-refractivity contribution in [2.45, 2.75) is 31.3 Å². The molecule has 0 aliphatic rings. The Balaban J connectivity index is 4.58. The van der Waals surface area contributed by atoms with Crippen molar-refractivity contribution in [2.24, 2.45) is 0 Å². The Labute approximate surface area is 94.9 Å². The standard InChI is InChI=1S/C8H12O9/c1-2(9)17-8(16)6(13)4(11)3(10)5(12)7(14)15/h3-6,10-13H,1H3,(H,14,15). The maximum Gasteiger partial charge on any atom is 0.345 e. The van der Waals surface area contributed by atoms with Gasteiger partial charge >= 0.3 is 17.9 Å². The molecule has 0 aromatic carbocycles. The average Bonchev–Trinajstić information content (AvgIpc) is 2.23. The highest BCUT2D eigenvalue weighted by Crippen LogP contribution is 2.07. The predicted molar refractivity (Wildman–Crippen MR) is 48.4 cm³/mol. The number of aliphatic hydroxyl groups excluding tert-OH is 4. The first kappa shape index (κ1) is 15.4. The molecule has 0 heterocycles. The Morgan fingerprint density at radius 1 is 0.941 bits per heavy atom. The van der Waals surface area contributed by atoms with Crippen molar-refractivity contribution in [3.63, 3.8) is 0 Å². The maximum atomic E-state index is 10.9. The number of carboxylic acid groups (broad SMARTS) is 1. The Hall–Kier alpha value is -1.55. The molecule has 9 heteroatoms. The minimum absolute atomic E-state index is 0.861. The fraction of sp³-hybridized carbons (Fsp3) is 0.625. The Kier molecular flexibility index (Phi) is 5.68. The number of aliphatic carboxylic acids is 1. The molecule has 0 amide bonds. The zero-order valence-electron chi connectivity index (χ0n) is 8.68. The monoisotopic (exact) mass is 252 g/mol. The van der Waals surface area contributed by atoms with Gasteiger partial charge in [-0.25, -0.2) is 9.59 Å². The lowest BCUT2D eigenvalue weighted by atomic mass is 10.0. The highest BCUT2D eigenvalue weighted by Gasteiger charge is 2.38. The summed E-state index contributed by atoms with van der Waals surface area (Å²) in [5.74, 6) is -4.49. The van der Waals surface area contributed by atoms with E-state index in [2.05, 4.69) is 4.74 Å². The number of carbonyl (C=O) groups is 3. The normalized spacial score (nSPS) is 17.7. The topological polar surface area (TPSA) is 162 Å². The molecule has 0 rings (SSSR count). The van der Waals surface area contributed by atoms with E-state index in [9.17, 15) is 14.4 Å². The summed E-state index contributed by atoms with van der Waals surface area (Å²) in [5, 5.41) is 44.5. The summed E-state index contributed by atoms with van der Waals surface area (Å²) in [4.78, 5) is 31.5. The van der Waals surface area contributed by atoms with E-state index >= 15 is 0 Å². The quantitative estimate of drug-likeness (QED) is 0.248. The van der Waals surface area contributed by atoms with Crippen LogP contribution in [0.5, 0.6) is 0 Å². The van der Waals surface area contributed by atoms with E-state index in [0.717, 1.165) is 6.92 Å². The van der Waals surface area contributed by atoms with E-state index in [1.807, 2.05) is 0 Å². The first-order valence-electron chi connectivity index (χ1n) is 4.35. The van der Waals surface area contributed by atoms with Gasteiger partial charge in [-0.2, -0.15) is 0 Å². The molecule has 0 aromatic rings. The van der Waals surface area contributed by atoms with E-state index in [1.165, 1.54) is 0 Å². The third-order valence-corrected chi connectivity index (χ3v) is 1.74. The highest BCUT2D eigenvalue weighted by molar-refractivity contribution is 5.87. The van der Waals surface area contributed by atoms with Crippen molar-refractivity contribution in [1.29, 1.82) is 0 Å². The first-order chi connectivity index (χ1) is 7.68. The van der Waals surface area contributed by atoms with Gasteiger partial charge in [0.1, 0.15) is 12.2 Å². The second-order valence-electron chi connectivity index (χ2n) is 3.12. The van der Waals surface area contributed by atoms with Crippen LogP contribution in [-0.4, -0.2) is 67.9 Å². The van der Waals surface area contributed by atoms with Crippen molar-refractivity contribution >= 4 is 17.9 Å². The zero-order valence-corrected chi connectivity index (χ0v) is 8.68. The van der Waals surface area contributed by atoms with Gasteiger partial charge in [0.25, 0.3) is 0 Å². The van der Waals surface area contributed by atoms with Crippen molar-refractivity contribution in [1.82, 2.24) is 0 Å². The molecule has 0 aliphatic carbocycles. The number of rotatable bonds is 5. The molecule has 5 N–H and O–H groups in total. The number of hydrogen-bond donors (Lipinski definition) is 5. The van der Waals surface area contributed by atoms with Gasteiger partial charge in [-0.1, -0.05) is 0 Å². The van der Waals surface area contributed by atoms with E-state index in [4.69, 9.17) is 25.5 Å². The van der Waals surface area contributed by atoms with Crippen molar-refractivity contribution in [3.05, 3.63) is 0 Å². The van der Waals surface area contributed by atoms with Crippen LogP contribution in [0.1, 0.15) is 6.92 Å². The number of aliphatic hydroxyl groups is 4. The maximum absolute atomic E-state index is 10.9. The summed E-state index contributed by atoms with van der Waals surface area (Å²) in [6.45, 7) is 0.861. The van der Waals surface area contributed by atoms with Gasteiger partial charge in [0.05, 0.1) is 0 Å². The van der Waals surface area contributed by atoms with Crippen LogP contribution in [0, 0.1) is 0 Å². The zero-order chi connectivity index (χ0) is 13.7. The Morgan fingerprint density at radius 3 is 1.71 bits per heavy atom. The molecule has 0 aliphatic heterocycles. The van der Waals surface area contributed by atoms with Gasteiger partial charge in [0.2, 0.25) is 0 Å². The van der Waals surface area contributed by atoms with Gasteiger partial charge < -0.3 is 30.3 Å². The van der Waals surface area contributed by atoms with Gasteiger partial charge in [-0.15, -0.1) is 0 Å². The van der Waals surface area contributed by atoms with Crippen LogP contribution in [0.25, 0.3) is 0 Å². The molecular weight excluding hydrogens is 240 g/mol. The van der Waals surface area contributed by atoms with Crippen LogP contribution < -0.4 is 0 Å². The van der Waals surface area contributed by atoms with Crippen molar-refractivity contribution in [2.75, 3.05) is 0 Å². The van der Waals surface area contributed by atoms with Gasteiger partial charge in [-0.3, -0.25) is 4.79 Å². The number of ether oxygens (including phenoxy) is 1. The van der Waals surface area contributed by atoms with E-state index in [0.29, 0.717) is 0 Å². The van der Waals surface area contributed by atoms with Crippen LogP contribution in [-0.2, 0) is 19.1 Å². The predicted octanol–water partition coefficient (Wildman–Crippen LogP) is -3.40. The molecule has 98 valence electrons. The average molecular weight is 252 g/mol. The summed E-state index contributed by atoms with van der Waals surface area (Å²) in [6.07, 6.45) is -9.39. The summed E-state index contributed by atoms with van der Waals surface area (Å²) in [6, 6.07) is 0. The Morgan fingerprint density at radius 2 is 1.35 bits per heavy atom. The fourth-order valence-corrected chi connectivity index (χ4v) is 0.861. The van der Waals surface area contributed by atoms with Crippen molar-refractivity contribution < 1.29 is 44.7 Å². The minimum Gasteiger partial charge on any atom is -0.479 e. The number of hydrogen-bond acceptors (Lipinski definition) is 8. The lowest BCUT2D eigenvalue weighted by molar-refractivity contribution is -0.179. The van der Waals surface area contributed by atoms with Crippen LogP contribution >= 0.6 is 0 Å². The summed E-state index contributed by atoms with van der Waals surface area (Å²) < 4.78 is 3.90. The van der Waals surface area contributed by atoms with Crippen molar-refractivity contribution in [3.8, 4) is 0 Å². The molecular formula is C8H12O9. The smallest absolute Gasteiger partial charge is 0.345 e. The molecule has 0 radical (unpaired) electrons. The largest absolute Gasteiger partial charge is 0.479 e. The lowest BCUT2D eigenvalue weighted by Crippen LogP contribution is -2.50. The minimum atomic E-state index is -2.40. The third kappa shape index (κ3) is 4.44. The number of esters is 2. The molecule has 9 nitrogen and oxygen atoms in total. The molecule has 4 unspecified atom stereocenters. The summed E-state index contributed by atoms with van der Waals surface area (Å²) in [7, 11) is 0. The van der Waals surface area contributed by atoms with E-state index < -0.39 is 42.3 Å². The van der Waals surface area contributed by atoms with Gasteiger partial charge in [-0.05, 0) is 0 Å². The molecule has 0 saturated heterocycles. The van der Waals surface area contributed by atoms with E-state index in [-0.39, 0.29) is 0 Å². The number of carbonyl (C=O) groups excluding carboxylic acids is 2. The fourth-order valence-electron chi connectivity index (χ4n) is 0.861. The first-order valence-corrected chi connectivity index (χ1v) is 4.35. The molecule has 4 atom stereocenters. The molecule has 0 fully saturated rings. The van der Waals surface area contributed by atoms with Crippen LogP contribution in [0.2, 0.25) is 0 Å². The van der Waals surface area contributed by atoms with Crippen LogP contribution in [0.15, 0.2) is 0 Å². The second kappa shape index (κ2) is 6.25. The molecule has 0 aromatic heterocycles. The summed E-state index contributed by atoms with van der Waals surface area (Å²) >= 11 is 0. The SMILES string of the molecule is CC(=O)OC(=O)C(O)C(O)C(O)C(O)C(=O)O. The second-order valence-corrected chi connectivity index (χ2v) is 3.12.